The molecule has 1 amide bonds. The van der Waals surface area contributed by atoms with Crippen molar-refractivity contribution in [1.82, 2.24) is 4.98 Å². The quantitative estimate of drug-likeness (QED) is 0.594. The van der Waals surface area contributed by atoms with Crippen LogP contribution < -0.4 is 5.32 Å². The van der Waals surface area contributed by atoms with E-state index in [9.17, 15) is 9.59 Å². The van der Waals surface area contributed by atoms with Crippen molar-refractivity contribution in [3.05, 3.63) is 49.5 Å². The van der Waals surface area contributed by atoms with Crippen molar-refractivity contribution < 1.29 is 14.7 Å². The number of nitrogens with one attached hydrogen (secondary N) is 1. The highest BCUT2D eigenvalue weighted by molar-refractivity contribution is 14.1. The third-order valence-electron chi connectivity index (χ3n) is 2.51. The Morgan fingerprint density at radius 1 is 1.43 bits per heavy atom. The summed E-state index contributed by atoms with van der Waals surface area (Å²) in [4.78, 5) is 27.2. The van der Waals surface area contributed by atoms with Crippen molar-refractivity contribution >= 4 is 57.6 Å². The van der Waals surface area contributed by atoms with Crippen LogP contribution in [0.4, 0.5) is 5.69 Å². The molecule has 0 aliphatic rings. The third kappa shape index (κ3) is 4.36. The molecule has 0 atom stereocenters. The van der Waals surface area contributed by atoms with Crippen molar-refractivity contribution in [1.29, 1.82) is 0 Å². The van der Waals surface area contributed by atoms with Gasteiger partial charge < -0.3 is 10.4 Å². The molecule has 1 aromatic heterocycles. The Bertz CT molecular complexity index is 725. The van der Waals surface area contributed by atoms with E-state index in [1.54, 1.807) is 18.2 Å². The molecule has 0 bridgehead atoms. The van der Waals surface area contributed by atoms with Crippen LogP contribution >= 0.6 is 33.9 Å². The van der Waals surface area contributed by atoms with E-state index in [0.29, 0.717) is 5.69 Å². The van der Waals surface area contributed by atoms with E-state index in [1.807, 2.05) is 34.9 Å². The number of carbonyl (C=O) groups is 2. The predicted octanol–water partition coefficient (Wildman–Crippen LogP) is 3.41. The number of benzene rings is 1. The maximum atomic E-state index is 11.8. The van der Waals surface area contributed by atoms with Crippen molar-refractivity contribution in [2.75, 3.05) is 5.32 Å². The summed E-state index contributed by atoms with van der Waals surface area (Å²) in [5.74, 6) is -1.48. The molecular formula is C14H11IN2O3S. The van der Waals surface area contributed by atoms with Crippen molar-refractivity contribution in [2.24, 2.45) is 0 Å². The number of hydrogen-bond acceptors (Lipinski definition) is 4. The van der Waals surface area contributed by atoms with Gasteiger partial charge in [0.2, 0.25) is 5.91 Å². The van der Waals surface area contributed by atoms with Gasteiger partial charge in [-0.15, -0.1) is 11.3 Å². The van der Waals surface area contributed by atoms with Gasteiger partial charge in [-0.1, -0.05) is 0 Å². The standard InChI is InChI=1S/C14H11IN2O3S/c1-8-16-10(7-21-8)3-5-13(18)17-12-4-2-9(15)6-11(12)14(19)20/h2-7H,1H3,(H,17,18)(H,19,20). The summed E-state index contributed by atoms with van der Waals surface area (Å²) in [5.41, 5.74) is 1.04. The molecule has 108 valence electrons. The molecular weight excluding hydrogens is 403 g/mol. The van der Waals surface area contributed by atoms with Crippen LogP contribution in [-0.2, 0) is 4.79 Å². The summed E-state index contributed by atoms with van der Waals surface area (Å²) >= 11 is 3.51. The SMILES string of the molecule is Cc1nc(C=CC(=O)Nc2ccc(I)cc2C(=O)O)cs1. The number of carbonyl (C=O) groups excluding carboxylic acids is 1. The summed E-state index contributed by atoms with van der Waals surface area (Å²) in [6.45, 7) is 1.88. The largest absolute Gasteiger partial charge is 0.478 e. The van der Waals surface area contributed by atoms with Crippen LogP contribution in [0.3, 0.4) is 0 Å². The molecule has 2 aromatic rings. The Morgan fingerprint density at radius 3 is 2.81 bits per heavy atom. The van der Waals surface area contributed by atoms with Gasteiger partial charge in [-0.05, 0) is 53.8 Å². The van der Waals surface area contributed by atoms with E-state index in [2.05, 4.69) is 10.3 Å². The fourth-order valence-electron chi connectivity index (χ4n) is 1.59. The molecule has 2 N–H and O–H groups in total. The van der Waals surface area contributed by atoms with Crippen molar-refractivity contribution in [2.45, 2.75) is 6.92 Å². The van der Waals surface area contributed by atoms with Crippen molar-refractivity contribution in [3.8, 4) is 0 Å². The third-order valence-corrected chi connectivity index (χ3v) is 3.97. The maximum Gasteiger partial charge on any atom is 0.337 e. The number of aryl methyl sites for hydroxylation is 1. The number of hydrogen-bond donors (Lipinski definition) is 2. The average molecular weight is 414 g/mol. The minimum atomic E-state index is -1.08. The molecule has 0 saturated heterocycles. The van der Waals surface area contributed by atoms with Crippen LogP contribution in [0.2, 0.25) is 0 Å². The Hall–Kier alpha value is -1.74. The lowest BCUT2D eigenvalue weighted by Crippen LogP contribution is -2.12. The van der Waals surface area contributed by atoms with Gasteiger partial charge in [0, 0.05) is 15.0 Å². The Labute approximate surface area is 138 Å². The number of nitrogens with zero attached hydrogens (tertiary/aromatic N) is 1. The highest BCUT2D eigenvalue weighted by Crippen LogP contribution is 2.19. The first kappa shape index (κ1) is 15.6. The number of halogens is 1. The van der Waals surface area contributed by atoms with Crippen LogP contribution in [-0.4, -0.2) is 22.0 Å². The zero-order chi connectivity index (χ0) is 15.4. The summed E-state index contributed by atoms with van der Waals surface area (Å²) in [7, 11) is 0. The summed E-state index contributed by atoms with van der Waals surface area (Å²) in [5, 5.41) is 14.5. The number of carboxylic acid groups (broad SMARTS) is 1. The predicted molar refractivity (Wildman–Crippen MR) is 90.6 cm³/mol. The van der Waals surface area contributed by atoms with E-state index in [4.69, 9.17) is 5.11 Å². The molecule has 2 rings (SSSR count). The molecule has 0 saturated carbocycles. The van der Waals surface area contributed by atoms with Crippen LogP contribution in [0.5, 0.6) is 0 Å². The second-order valence-electron chi connectivity index (χ2n) is 4.11. The van der Waals surface area contributed by atoms with E-state index in [1.165, 1.54) is 23.5 Å². The molecule has 0 aliphatic heterocycles. The molecule has 0 fully saturated rings. The number of carboxylic acids is 1. The van der Waals surface area contributed by atoms with Gasteiger partial charge >= 0.3 is 5.97 Å². The summed E-state index contributed by atoms with van der Waals surface area (Å²) < 4.78 is 0.788. The Balaban J connectivity index is 2.13. The molecule has 1 aromatic carbocycles. The first-order chi connectivity index (χ1) is 9.95. The van der Waals surface area contributed by atoms with E-state index in [0.717, 1.165) is 8.58 Å². The molecule has 0 spiro atoms. The fourth-order valence-corrected chi connectivity index (χ4v) is 2.67. The Morgan fingerprint density at radius 2 is 2.19 bits per heavy atom. The molecule has 21 heavy (non-hydrogen) atoms. The van der Waals surface area contributed by atoms with Crippen molar-refractivity contribution in [3.63, 3.8) is 0 Å². The first-order valence-electron chi connectivity index (χ1n) is 5.90. The van der Waals surface area contributed by atoms with E-state index >= 15 is 0 Å². The number of amides is 1. The van der Waals surface area contributed by atoms with E-state index in [-0.39, 0.29) is 11.3 Å². The highest BCUT2D eigenvalue weighted by Gasteiger charge is 2.11. The van der Waals surface area contributed by atoms with Crippen LogP contribution in [0.1, 0.15) is 21.1 Å². The smallest absolute Gasteiger partial charge is 0.337 e. The zero-order valence-electron chi connectivity index (χ0n) is 11.0. The lowest BCUT2D eigenvalue weighted by molar-refractivity contribution is -0.111. The number of aromatic nitrogens is 1. The van der Waals surface area contributed by atoms with Gasteiger partial charge in [0.05, 0.1) is 22.0 Å². The van der Waals surface area contributed by atoms with Gasteiger partial charge in [0.15, 0.2) is 0 Å². The van der Waals surface area contributed by atoms with Gasteiger partial charge in [-0.2, -0.15) is 0 Å². The van der Waals surface area contributed by atoms with Gasteiger partial charge in [-0.3, -0.25) is 4.79 Å². The topological polar surface area (TPSA) is 79.3 Å². The second-order valence-corrected chi connectivity index (χ2v) is 6.42. The van der Waals surface area contributed by atoms with Crippen LogP contribution in [0.15, 0.2) is 29.7 Å². The molecule has 7 heteroatoms. The normalized spacial score (nSPS) is 10.8. The highest BCUT2D eigenvalue weighted by atomic mass is 127. The number of anilines is 1. The summed E-state index contributed by atoms with van der Waals surface area (Å²) in [6, 6.07) is 4.81. The van der Waals surface area contributed by atoms with Gasteiger partial charge in [0.1, 0.15) is 0 Å². The average Bonchev–Trinajstić information content (AvgIpc) is 2.84. The lowest BCUT2D eigenvalue weighted by Gasteiger charge is -2.06. The number of rotatable bonds is 4. The first-order valence-corrected chi connectivity index (χ1v) is 7.85. The molecule has 5 nitrogen and oxygen atoms in total. The fraction of sp³-hybridized carbons (Fsp3) is 0.0714. The molecule has 0 unspecified atom stereocenters. The summed E-state index contributed by atoms with van der Waals surface area (Å²) in [6.07, 6.45) is 2.92. The minimum Gasteiger partial charge on any atom is -0.478 e. The number of aromatic carboxylic acids is 1. The molecule has 0 radical (unpaired) electrons. The lowest BCUT2D eigenvalue weighted by atomic mass is 10.2. The zero-order valence-corrected chi connectivity index (χ0v) is 13.9. The Kier molecular flexibility index (Phi) is 5.07. The number of thiazole rings is 1. The second kappa shape index (κ2) is 6.81. The van der Waals surface area contributed by atoms with Crippen LogP contribution in [0.25, 0.3) is 6.08 Å². The van der Waals surface area contributed by atoms with Gasteiger partial charge in [-0.25, -0.2) is 9.78 Å². The monoisotopic (exact) mass is 414 g/mol. The van der Waals surface area contributed by atoms with E-state index < -0.39 is 11.9 Å². The molecule has 0 aliphatic carbocycles. The molecule has 1 heterocycles. The maximum absolute atomic E-state index is 11.8. The minimum absolute atomic E-state index is 0.0631. The van der Waals surface area contributed by atoms with Crippen LogP contribution in [0, 0.1) is 10.5 Å². The van der Waals surface area contributed by atoms with Gasteiger partial charge in [0.25, 0.3) is 0 Å².